The van der Waals surface area contributed by atoms with Gasteiger partial charge < -0.3 is 24.4 Å². The molecule has 0 aromatic heterocycles. The molecule has 2 atom stereocenters. The first-order valence-corrected chi connectivity index (χ1v) is 9.46. The highest BCUT2D eigenvalue weighted by Gasteiger charge is 2.30. The van der Waals surface area contributed by atoms with E-state index in [1.165, 1.54) is 0 Å². The van der Waals surface area contributed by atoms with Crippen molar-refractivity contribution in [1.82, 2.24) is 10.2 Å². The molecule has 1 aromatic rings. The monoisotopic (exact) mass is 376 g/mol. The van der Waals surface area contributed by atoms with Crippen molar-refractivity contribution in [3.8, 4) is 11.5 Å². The van der Waals surface area contributed by atoms with Crippen LogP contribution < -0.4 is 14.8 Å². The Labute approximate surface area is 160 Å². The van der Waals surface area contributed by atoms with E-state index in [0.29, 0.717) is 31.1 Å². The predicted molar refractivity (Wildman–Crippen MR) is 99.9 cm³/mol. The van der Waals surface area contributed by atoms with Gasteiger partial charge in [0.05, 0.1) is 0 Å². The van der Waals surface area contributed by atoms with Crippen LogP contribution >= 0.6 is 0 Å². The first-order valence-electron chi connectivity index (χ1n) is 9.46. The molecule has 2 aliphatic heterocycles. The van der Waals surface area contributed by atoms with Crippen LogP contribution in [0.1, 0.15) is 33.6 Å². The van der Waals surface area contributed by atoms with E-state index in [0.717, 1.165) is 12.8 Å². The third-order valence-electron chi connectivity index (χ3n) is 4.54. The van der Waals surface area contributed by atoms with E-state index in [4.69, 9.17) is 14.2 Å². The van der Waals surface area contributed by atoms with Crippen molar-refractivity contribution in [2.45, 2.75) is 45.3 Å². The summed E-state index contributed by atoms with van der Waals surface area (Å²) in [6, 6.07) is 7.31. The second kappa shape index (κ2) is 8.06. The van der Waals surface area contributed by atoms with Crippen LogP contribution in [0, 0.1) is 5.92 Å². The molecule has 1 fully saturated rings. The maximum atomic E-state index is 12.4. The number of rotatable bonds is 3. The third kappa shape index (κ3) is 5.28. The lowest BCUT2D eigenvalue weighted by Crippen LogP contribution is -2.48. The van der Waals surface area contributed by atoms with Gasteiger partial charge in [0.1, 0.15) is 12.2 Å². The number of nitrogens with one attached hydrogen (secondary N) is 1. The summed E-state index contributed by atoms with van der Waals surface area (Å²) in [6.07, 6.45) is 0.908. The molecule has 148 valence electrons. The van der Waals surface area contributed by atoms with Gasteiger partial charge in [-0.2, -0.15) is 0 Å². The molecule has 7 heteroatoms. The first kappa shape index (κ1) is 19.3. The third-order valence-corrected chi connectivity index (χ3v) is 4.54. The predicted octanol–water partition coefficient (Wildman–Crippen LogP) is 2.59. The van der Waals surface area contributed by atoms with Crippen LogP contribution in [0.2, 0.25) is 0 Å². The minimum atomic E-state index is -0.662. The fourth-order valence-electron chi connectivity index (χ4n) is 3.23. The molecule has 2 heterocycles. The van der Waals surface area contributed by atoms with E-state index in [2.05, 4.69) is 5.32 Å². The van der Waals surface area contributed by atoms with Crippen molar-refractivity contribution in [2.75, 3.05) is 26.2 Å². The molecule has 2 amide bonds. The van der Waals surface area contributed by atoms with Gasteiger partial charge in [-0.05, 0) is 51.7 Å². The zero-order chi connectivity index (χ0) is 19.4. The molecule has 7 nitrogen and oxygen atoms in total. The van der Waals surface area contributed by atoms with E-state index in [1.54, 1.807) is 11.0 Å². The van der Waals surface area contributed by atoms with Crippen molar-refractivity contribution in [1.29, 1.82) is 0 Å². The van der Waals surface area contributed by atoms with Gasteiger partial charge in [0.25, 0.3) is 5.91 Å². The Morgan fingerprint density at radius 3 is 2.74 bits per heavy atom. The van der Waals surface area contributed by atoms with Gasteiger partial charge in [0, 0.05) is 19.6 Å². The van der Waals surface area contributed by atoms with Gasteiger partial charge in [0.2, 0.25) is 6.10 Å². The highest BCUT2D eigenvalue weighted by Crippen LogP contribution is 2.30. The summed E-state index contributed by atoms with van der Waals surface area (Å²) in [6.45, 7) is 7.54. The largest absolute Gasteiger partial charge is 0.485 e. The fraction of sp³-hybridized carbons (Fsp3) is 0.600. The quantitative estimate of drug-likeness (QED) is 0.877. The topological polar surface area (TPSA) is 77.1 Å². The van der Waals surface area contributed by atoms with Crippen LogP contribution in [0.25, 0.3) is 0 Å². The number of para-hydroxylation sites is 2. The first-order chi connectivity index (χ1) is 12.8. The Hall–Kier alpha value is -2.44. The molecule has 1 aromatic carbocycles. The van der Waals surface area contributed by atoms with Crippen LogP contribution in [0.4, 0.5) is 4.79 Å². The molecular weight excluding hydrogens is 348 g/mol. The Balaban J connectivity index is 1.47. The van der Waals surface area contributed by atoms with E-state index in [1.807, 2.05) is 39.0 Å². The lowest BCUT2D eigenvalue weighted by molar-refractivity contribution is -0.130. The molecule has 1 saturated heterocycles. The highest BCUT2D eigenvalue weighted by atomic mass is 16.6. The maximum Gasteiger partial charge on any atom is 0.410 e. The van der Waals surface area contributed by atoms with Crippen molar-refractivity contribution in [3.63, 3.8) is 0 Å². The number of ether oxygens (including phenoxy) is 3. The van der Waals surface area contributed by atoms with E-state index in [-0.39, 0.29) is 24.5 Å². The van der Waals surface area contributed by atoms with Crippen LogP contribution in [0.3, 0.4) is 0 Å². The van der Waals surface area contributed by atoms with Crippen molar-refractivity contribution in [3.05, 3.63) is 24.3 Å². The molecular formula is C20H28N2O5. The molecule has 3 rings (SSSR count). The van der Waals surface area contributed by atoms with E-state index in [9.17, 15) is 9.59 Å². The number of hydrogen-bond donors (Lipinski definition) is 1. The number of hydrogen-bond acceptors (Lipinski definition) is 5. The summed E-state index contributed by atoms with van der Waals surface area (Å²) in [5.41, 5.74) is -0.507. The summed E-state index contributed by atoms with van der Waals surface area (Å²) in [5, 5.41) is 2.94. The highest BCUT2D eigenvalue weighted by molar-refractivity contribution is 5.81. The van der Waals surface area contributed by atoms with Crippen LogP contribution in [0.15, 0.2) is 24.3 Å². The van der Waals surface area contributed by atoms with Crippen molar-refractivity contribution < 1.29 is 23.8 Å². The Morgan fingerprint density at radius 1 is 1.26 bits per heavy atom. The minimum absolute atomic E-state index is 0.192. The smallest absolute Gasteiger partial charge is 0.410 e. The number of benzene rings is 1. The minimum Gasteiger partial charge on any atom is -0.485 e. The molecule has 0 aliphatic carbocycles. The molecule has 2 aliphatic rings. The molecule has 0 unspecified atom stereocenters. The van der Waals surface area contributed by atoms with Crippen molar-refractivity contribution in [2.24, 2.45) is 5.92 Å². The molecule has 27 heavy (non-hydrogen) atoms. The molecule has 0 saturated carbocycles. The number of nitrogens with zero attached hydrogens (tertiary/aromatic N) is 1. The Morgan fingerprint density at radius 2 is 2.00 bits per heavy atom. The fourth-order valence-corrected chi connectivity index (χ4v) is 3.23. The van der Waals surface area contributed by atoms with Crippen LogP contribution in [-0.2, 0) is 9.53 Å². The summed E-state index contributed by atoms with van der Waals surface area (Å²) in [5.74, 6) is 1.24. The second-order valence-corrected chi connectivity index (χ2v) is 8.04. The summed E-state index contributed by atoms with van der Waals surface area (Å²) >= 11 is 0. The van der Waals surface area contributed by atoms with Gasteiger partial charge in [-0.15, -0.1) is 0 Å². The zero-order valence-electron chi connectivity index (χ0n) is 16.2. The lowest BCUT2D eigenvalue weighted by atomic mass is 9.98. The Kier molecular flexibility index (Phi) is 5.77. The Bertz CT molecular complexity index is 685. The summed E-state index contributed by atoms with van der Waals surface area (Å²) in [4.78, 5) is 26.4. The second-order valence-electron chi connectivity index (χ2n) is 8.04. The van der Waals surface area contributed by atoms with E-state index >= 15 is 0 Å². The van der Waals surface area contributed by atoms with Crippen molar-refractivity contribution >= 4 is 12.0 Å². The number of piperidine rings is 1. The number of amides is 2. The molecule has 0 radical (unpaired) electrons. The standard InChI is InChI=1S/C20H28N2O5/c1-20(2,3)27-19(24)22-10-6-7-14(12-22)11-21-18(23)17-13-25-15-8-4-5-9-16(15)26-17/h4-5,8-9,14,17H,6-7,10-13H2,1-3H3,(H,21,23)/t14-,17-/m1/s1. The van der Waals surface area contributed by atoms with Gasteiger partial charge >= 0.3 is 6.09 Å². The average Bonchev–Trinajstić information content (AvgIpc) is 2.64. The number of fused-ring (bicyclic) bond motifs is 1. The normalized spacial score (nSPS) is 22.1. The molecule has 0 bridgehead atoms. The number of carbonyl (C=O) groups is 2. The van der Waals surface area contributed by atoms with Gasteiger partial charge in [0.15, 0.2) is 11.5 Å². The van der Waals surface area contributed by atoms with Crippen LogP contribution in [0.5, 0.6) is 11.5 Å². The summed E-state index contributed by atoms with van der Waals surface area (Å²) < 4.78 is 16.8. The van der Waals surface area contributed by atoms with Gasteiger partial charge in [-0.25, -0.2) is 4.79 Å². The molecule has 0 spiro atoms. The SMILES string of the molecule is CC(C)(C)OC(=O)N1CCC[C@H](CNC(=O)[C@H]2COc3ccccc3O2)C1. The van der Waals surface area contributed by atoms with E-state index < -0.39 is 11.7 Å². The molecule has 1 N–H and O–H groups in total. The van der Waals surface area contributed by atoms with Crippen LogP contribution in [-0.4, -0.2) is 54.8 Å². The lowest BCUT2D eigenvalue weighted by Gasteiger charge is -2.34. The van der Waals surface area contributed by atoms with Gasteiger partial charge in [-0.1, -0.05) is 12.1 Å². The maximum absolute atomic E-state index is 12.4. The number of likely N-dealkylation sites (tertiary alicyclic amines) is 1. The van der Waals surface area contributed by atoms with Gasteiger partial charge in [-0.3, -0.25) is 4.79 Å². The zero-order valence-corrected chi connectivity index (χ0v) is 16.2. The number of carbonyl (C=O) groups excluding carboxylic acids is 2. The average molecular weight is 376 g/mol. The summed E-state index contributed by atoms with van der Waals surface area (Å²) in [7, 11) is 0.